The number of nitrogens with zero attached hydrogens (tertiary/aromatic N) is 2. The summed E-state index contributed by atoms with van der Waals surface area (Å²) in [6.45, 7) is 1.54. The summed E-state index contributed by atoms with van der Waals surface area (Å²) in [7, 11) is 6.49. The number of urea groups is 1. The number of carbonyl (C=O) groups excluding carboxylic acids is 2. The van der Waals surface area contributed by atoms with Gasteiger partial charge in [-0.15, -0.1) is 0 Å². The van der Waals surface area contributed by atoms with E-state index >= 15 is 0 Å². The van der Waals surface area contributed by atoms with E-state index < -0.39 is 29.7 Å². The van der Waals surface area contributed by atoms with Crippen LogP contribution in [0.2, 0.25) is 0 Å². The van der Waals surface area contributed by atoms with Crippen LogP contribution in [0.5, 0.6) is 0 Å². The number of benzene rings is 1. The van der Waals surface area contributed by atoms with Crippen LogP contribution in [-0.4, -0.2) is 62.5 Å². The number of halogens is 2. The maximum absolute atomic E-state index is 13.9. The molecule has 1 rings (SSSR count). The zero-order chi connectivity index (χ0) is 18.4. The minimum atomic E-state index is -0.706. The Morgan fingerprint density at radius 3 is 2.12 bits per heavy atom. The molecule has 6 nitrogen and oxygen atoms in total. The van der Waals surface area contributed by atoms with Crippen molar-refractivity contribution < 1.29 is 18.4 Å². The molecule has 24 heavy (non-hydrogen) atoms. The van der Waals surface area contributed by atoms with E-state index in [2.05, 4.69) is 10.6 Å². The number of nitrogens with one attached hydrogen (secondary N) is 2. The summed E-state index contributed by atoms with van der Waals surface area (Å²) in [6, 6.07) is 1.66. The van der Waals surface area contributed by atoms with Crippen molar-refractivity contribution in [2.24, 2.45) is 0 Å². The fourth-order valence-corrected chi connectivity index (χ4v) is 2.26. The van der Waals surface area contributed by atoms with Crippen molar-refractivity contribution in [3.8, 4) is 0 Å². The van der Waals surface area contributed by atoms with Crippen molar-refractivity contribution >= 4 is 11.9 Å². The molecule has 8 heteroatoms. The number of hydrogen-bond donors (Lipinski definition) is 2. The molecule has 1 aromatic carbocycles. The summed E-state index contributed by atoms with van der Waals surface area (Å²) in [4.78, 5) is 26.6. The predicted octanol–water partition coefficient (Wildman–Crippen LogP) is 1.34. The molecule has 0 aliphatic carbocycles. The van der Waals surface area contributed by atoms with Crippen molar-refractivity contribution in [2.75, 3.05) is 34.7 Å². The molecule has 3 amide bonds. The maximum Gasteiger partial charge on any atom is 0.315 e. The zero-order valence-corrected chi connectivity index (χ0v) is 14.6. The summed E-state index contributed by atoms with van der Waals surface area (Å²) in [5.74, 6) is -1.60. The van der Waals surface area contributed by atoms with Crippen LogP contribution < -0.4 is 10.6 Å². The Hall–Kier alpha value is -2.22. The van der Waals surface area contributed by atoms with Gasteiger partial charge in [-0.05, 0) is 33.2 Å². The standard InChI is InChI=1S/C16H24F2N4O2/c1-10(15(23)22(4)5)20-16(24)19-9-13(21(2)3)14-11(17)7-6-8-12(14)18/h6-8,10,13H,9H2,1-5H3,(H2,19,20,24)/t10-,13?/m0/s1. The lowest BCUT2D eigenvalue weighted by atomic mass is 10.0. The summed E-state index contributed by atoms with van der Waals surface area (Å²) in [6.07, 6.45) is 0. The molecule has 134 valence electrons. The number of amides is 3. The molecule has 1 unspecified atom stereocenters. The molecule has 0 radical (unpaired) electrons. The summed E-state index contributed by atoms with van der Waals surface area (Å²) < 4.78 is 27.9. The highest BCUT2D eigenvalue weighted by molar-refractivity contribution is 5.86. The Morgan fingerprint density at radius 2 is 1.67 bits per heavy atom. The number of hydrogen-bond acceptors (Lipinski definition) is 3. The second-order valence-corrected chi connectivity index (χ2v) is 5.92. The molecular weight excluding hydrogens is 318 g/mol. The number of carbonyl (C=O) groups is 2. The zero-order valence-electron chi connectivity index (χ0n) is 14.6. The average Bonchev–Trinajstić information content (AvgIpc) is 2.48. The quantitative estimate of drug-likeness (QED) is 0.820. The topological polar surface area (TPSA) is 64.7 Å². The number of likely N-dealkylation sites (N-methyl/N-ethyl adjacent to an activating group) is 2. The van der Waals surface area contributed by atoms with Gasteiger partial charge < -0.3 is 20.4 Å². The summed E-state index contributed by atoms with van der Waals surface area (Å²) >= 11 is 0. The van der Waals surface area contributed by atoms with Gasteiger partial charge in [0.1, 0.15) is 17.7 Å². The average molecular weight is 342 g/mol. The fourth-order valence-electron chi connectivity index (χ4n) is 2.26. The van der Waals surface area contributed by atoms with E-state index in [1.54, 1.807) is 40.0 Å². The van der Waals surface area contributed by atoms with Crippen molar-refractivity contribution in [3.05, 3.63) is 35.4 Å². The van der Waals surface area contributed by atoms with Crippen LogP contribution in [0.1, 0.15) is 18.5 Å². The minimum Gasteiger partial charge on any atom is -0.347 e. The Labute approximate surface area is 140 Å². The Kier molecular flexibility index (Phi) is 7.09. The molecule has 0 saturated heterocycles. The van der Waals surface area contributed by atoms with Gasteiger partial charge in [0.25, 0.3) is 0 Å². The normalized spacial score (nSPS) is 13.3. The molecule has 0 bridgehead atoms. The van der Waals surface area contributed by atoms with E-state index in [-0.39, 0.29) is 18.0 Å². The van der Waals surface area contributed by atoms with E-state index in [0.29, 0.717) is 0 Å². The smallest absolute Gasteiger partial charge is 0.315 e. The lowest BCUT2D eigenvalue weighted by Gasteiger charge is -2.26. The van der Waals surface area contributed by atoms with E-state index in [1.165, 1.54) is 23.1 Å². The Bertz CT molecular complexity index is 573. The summed E-state index contributed by atoms with van der Waals surface area (Å²) in [5.41, 5.74) is -0.111. The third-order valence-electron chi connectivity index (χ3n) is 3.57. The van der Waals surface area contributed by atoms with Gasteiger partial charge in [0, 0.05) is 26.2 Å². The Morgan fingerprint density at radius 1 is 1.12 bits per heavy atom. The first-order valence-electron chi connectivity index (χ1n) is 7.51. The van der Waals surface area contributed by atoms with Crippen molar-refractivity contribution in [3.63, 3.8) is 0 Å². The molecule has 0 spiro atoms. The van der Waals surface area contributed by atoms with Crippen LogP contribution in [0.25, 0.3) is 0 Å². The van der Waals surface area contributed by atoms with Gasteiger partial charge in [0.05, 0.1) is 6.04 Å². The van der Waals surface area contributed by atoms with Gasteiger partial charge in [-0.25, -0.2) is 13.6 Å². The molecular formula is C16H24F2N4O2. The summed E-state index contributed by atoms with van der Waals surface area (Å²) in [5, 5.41) is 5.03. The lowest BCUT2D eigenvalue weighted by molar-refractivity contribution is -0.130. The number of rotatable bonds is 6. The molecule has 2 N–H and O–H groups in total. The first kappa shape index (κ1) is 19.8. The van der Waals surface area contributed by atoms with Gasteiger partial charge in [-0.3, -0.25) is 4.79 Å². The second kappa shape index (κ2) is 8.58. The Balaban J connectivity index is 2.75. The second-order valence-electron chi connectivity index (χ2n) is 5.92. The van der Waals surface area contributed by atoms with Gasteiger partial charge in [-0.1, -0.05) is 6.07 Å². The highest BCUT2D eigenvalue weighted by Gasteiger charge is 2.23. The highest BCUT2D eigenvalue weighted by atomic mass is 19.1. The maximum atomic E-state index is 13.9. The minimum absolute atomic E-state index is 0.0143. The van der Waals surface area contributed by atoms with Crippen molar-refractivity contribution in [1.82, 2.24) is 20.4 Å². The van der Waals surface area contributed by atoms with Crippen LogP contribution in [0.3, 0.4) is 0 Å². The van der Waals surface area contributed by atoms with E-state index in [9.17, 15) is 18.4 Å². The van der Waals surface area contributed by atoms with Gasteiger partial charge in [0.2, 0.25) is 5.91 Å². The third-order valence-corrected chi connectivity index (χ3v) is 3.57. The van der Waals surface area contributed by atoms with Gasteiger partial charge in [0.15, 0.2) is 0 Å². The molecule has 2 atom stereocenters. The molecule has 0 aliphatic heterocycles. The van der Waals surface area contributed by atoms with E-state index in [0.717, 1.165) is 0 Å². The molecule has 0 saturated carbocycles. The van der Waals surface area contributed by atoms with Gasteiger partial charge >= 0.3 is 6.03 Å². The molecule has 0 aliphatic rings. The SMILES string of the molecule is C[C@H](NC(=O)NCC(c1c(F)cccc1F)N(C)C)C(=O)N(C)C. The molecule has 0 fully saturated rings. The molecule has 1 aromatic rings. The third kappa shape index (κ3) is 5.16. The van der Waals surface area contributed by atoms with E-state index in [4.69, 9.17) is 0 Å². The first-order chi connectivity index (χ1) is 11.1. The van der Waals surface area contributed by atoms with Crippen LogP contribution in [0.4, 0.5) is 13.6 Å². The van der Waals surface area contributed by atoms with Crippen LogP contribution in [0.15, 0.2) is 18.2 Å². The highest BCUT2D eigenvalue weighted by Crippen LogP contribution is 2.23. The van der Waals surface area contributed by atoms with E-state index in [1.807, 2.05) is 0 Å². The molecule has 0 heterocycles. The fraction of sp³-hybridized carbons (Fsp3) is 0.500. The van der Waals surface area contributed by atoms with Crippen molar-refractivity contribution in [1.29, 1.82) is 0 Å². The lowest BCUT2D eigenvalue weighted by Crippen LogP contribution is -2.49. The largest absolute Gasteiger partial charge is 0.347 e. The van der Waals surface area contributed by atoms with Crippen molar-refractivity contribution in [2.45, 2.75) is 19.0 Å². The van der Waals surface area contributed by atoms with Crippen LogP contribution >= 0.6 is 0 Å². The molecule has 0 aromatic heterocycles. The van der Waals surface area contributed by atoms with Gasteiger partial charge in [-0.2, -0.15) is 0 Å². The predicted molar refractivity (Wildman–Crippen MR) is 87.5 cm³/mol. The monoisotopic (exact) mass is 342 g/mol. The van der Waals surface area contributed by atoms with Crippen LogP contribution in [-0.2, 0) is 4.79 Å². The first-order valence-corrected chi connectivity index (χ1v) is 7.51. The van der Waals surface area contributed by atoms with Crippen LogP contribution in [0, 0.1) is 11.6 Å².